The monoisotopic (exact) mass is 317 g/mol. The molecule has 0 spiro atoms. The van der Waals surface area contributed by atoms with Crippen molar-refractivity contribution in [2.75, 3.05) is 0 Å². The van der Waals surface area contributed by atoms with Gasteiger partial charge in [0.2, 0.25) is 11.8 Å². The number of hydrogen-bond donors (Lipinski definition) is 1. The Hall–Kier alpha value is -2.30. The molecule has 2 unspecified atom stereocenters. The van der Waals surface area contributed by atoms with Crippen LogP contribution in [0, 0.1) is 11.8 Å². The Bertz CT molecular complexity index is 621. The van der Waals surface area contributed by atoms with E-state index in [9.17, 15) is 19.2 Å². The number of imide groups is 1. The Kier molecular flexibility index (Phi) is 6.82. The van der Waals surface area contributed by atoms with Gasteiger partial charge in [0, 0.05) is 29.4 Å². The third-order valence-electron chi connectivity index (χ3n) is 3.87. The third-order valence-corrected chi connectivity index (χ3v) is 3.87. The van der Waals surface area contributed by atoms with Crippen LogP contribution in [0.2, 0.25) is 0 Å². The average molecular weight is 317 g/mol. The molecule has 1 saturated heterocycles. The van der Waals surface area contributed by atoms with E-state index in [0.29, 0.717) is 17.5 Å². The molecule has 5 heteroatoms. The zero-order chi connectivity index (χ0) is 17.6. The molecule has 1 aliphatic rings. The zero-order valence-corrected chi connectivity index (χ0v) is 14.0. The number of Topliss-reactive ketones (excluding diaryl/α,β-unsaturated/α-hetero) is 2. The van der Waals surface area contributed by atoms with Crippen LogP contribution < -0.4 is 5.32 Å². The van der Waals surface area contributed by atoms with Crippen LogP contribution >= 0.6 is 0 Å². The molecule has 0 radical (unpaired) electrons. The summed E-state index contributed by atoms with van der Waals surface area (Å²) in [6.07, 6.45) is 0.599. The lowest BCUT2D eigenvalue weighted by molar-refractivity contribution is -0.137. The summed E-state index contributed by atoms with van der Waals surface area (Å²) in [7, 11) is 0. The average Bonchev–Trinajstić information content (AvgIpc) is 2.55. The predicted octanol–water partition coefficient (Wildman–Crippen LogP) is 2.79. The van der Waals surface area contributed by atoms with Crippen LogP contribution in [0.15, 0.2) is 24.3 Å². The summed E-state index contributed by atoms with van der Waals surface area (Å²) in [5.41, 5.74) is 0.698. The van der Waals surface area contributed by atoms with Gasteiger partial charge in [-0.1, -0.05) is 45.0 Å². The third kappa shape index (κ3) is 4.34. The predicted molar refractivity (Wildman–Crippen MR) is 87.2 cm³/mol. The Morgan fingerprint density at radius 2 is 1.70 bits per heavy atom. The number of hydrogen-bond acceptors (Lipinski definition) is 4. The molecule has 23 heavy (non-hydrogen) atoms. The van der Waals surface area contributed by atoms with Gasteiger partial charge < -0.3 is 0 Å². The maximum absolute atomic E-state index is 12.6. The van der Waals surface area contributed by atoms with Crippen molar-refractivity contribution in [3.63, 3.8) is 0 Å². The summed E-state index contributed by atoms with van der Waals surface area (Å²) in [5.74, 6) is -2.24. The molecule has 2 rings (SSSR count). The fourth-order valence-corrected chi connectivity index (χ4v) is 2.62. The highest BCUT2D eigenvalue weighted by Crippen LogP contribution is 2.26. The molecular weight excluding hydrogens is 294 g/mol. The highest BCUT2D eigenvalue weighted by atomic mass is 16.2. The van der Waals surface area contributed by atoms with Gasteiger partial charge in [-0.05, 0) is 13.3 Å². The van der Waals surface area contributed by atoms with Crippen LogP contribution in [0.3, 0.4) is 0 Å². The van der Waals surface area contributed by atoms with E-state index >= 15 is 0 Å². The first kappa shape index (κ1) is 18.7. The second-order valence-electron chi connectivity index (χ2n) is 5.31. The highest BCUT2D eigenvalue weighted by Gasteiger charge is 2.35. The molecule has 1 heterocycles. The minimum atomic E-state index is -0.571. The second kappa shape index (κ2) is 8.36. The molecule has 1 N–H and O–H groups in total. The molecule has 1 aromatic rings. The maximum atomic E-state index is 12.6. The fourth-order valence-electron chi connectivity index (χ4n) is 2.62. The van der Waals surface area contributed by atoms with Crippen molar-refractivity contribution >= 4 is 23.4 Å². The Balaban J connectivity index is 0.00000127. The van der Waals surface area contributed by atoms with Crippen molar-refractivity contribution in [3.8, 4) is 0 Å². The van der Waals surface area contributed by atoms with E-state index < -0.39 is 17.7 Å². The van der Waals surface area contributed by atoms with Gasteiger partial charge in [0.25, 0.3) is 0 Å². The molecule has 5 nitrogen and oxygen atoms in total. The lowest BCUT2D eigenvalue weighted by Gasteiger charge is -2.25. The number of rotatable bonds is 4. The highest BCUT2D eigenvalue weighted by molar-refractivity contribution is 6.10. The quantitative estimate of drug-likeness (QED) is 0.684. The number of carbonyl (C=O) groups excluding carboxylic acids is 4. The van der Waals surface area contributed by atoms with Gasteiger partial charge in [-0.15, -0.1) is 0 Å². The van der Waals surface area contributed by atoms with E-state index in [1.165, 1.54) is 6.92 Å². The van der Waals surface area contributed by atoms with Gasteiger partial charge in [-0.3, -0.25) is 24.5 Å². The Labute approximate surface area is 136 Å². The molecule has 1 aromatic carbocycles. The van der Waals surface area contributed by atoms with Crippen molar-refractivity contribution in [3.05, 3.63) is 35.4 Å². The van der Waals surface area contributed by atoms with Crippen LogP contribution in [0.1, 0.15) is 61.3 Å². The lowest BCUT2D eigenvalue weighted by atomic mass is 9.81. The number of piperidine rings is 1. The molecule has 0 saturated carbocycles. The minimum Gasteiger partial charge on any atom is -0.296 e. The van der Waals surface area contributed by atoms with Gasteiger partial charge in [0.15, 0.2) is 11.6 Å². The molecule has 0 aromatic heterocycles. The largest absolute Gasteiger partial charge is 0.296 e. The van der Waals surface area contributed by atoms with Crippen LogP contribution in [-0.4, -0.2) is 23.4 Å². The van der Waals surface area contributed by atoms with Gasteiger partial charge in [-0.2, -0.15) is 0 Å². The molecule has 1 fully saturated rings. The van der Waals surface area contributed by atoms with Crippen LogP contribution in [0.25, 0.3) is 0 Å². The molecular formula is C18H23NO4. The number of amides is 2. The second-order valence-corrected chi connectivity index (χ2v) is 5.31. The van der Waals surface area contributed by atoms with Crippen molar-refractivity contribution in [1.29, 1.82) is 0 Å². The standard InChI is InChI=1S/C16H17NO4.C2H6/c1-9(11-7-8-14(19)17-16(11)21)15(20)13-6-4-3-5-12(13)10(2)18;1-2/h3-6,9,11H,7-8H2,1-2H3,(H,17,19,21);1-2H3. The lowest BCUT2D eigenvalue weighted by Crippen LogP contribution is -2.44. The summed E-state index contributed by atoms with van der Waals surface area (Å²) in [6, 6.07) is 6.59. The van der Waals surface area contributed by atoms with Gasteiger partial charge in [0.05, 0.1) is 0 Å². The van der Waals surface area contributed by atoms with Gasteiger partial charge >= 0.3 is 0 Å². The van der Waals surface area contributed by atoms with Crippen LogP contribution in [0.4, 0.5) is 0 Å². The number of ketones is 2. The first-order valence-electron chi connectivity index (χ1n) is 7.89. The Morgan fingerprint density at radius 3 is 2.22 bits per heavy atom. The first-order chi connectivity index (χ1) is 10.9. The van der Waals surface area contributed by atoms with E-state index in [-0.39, 0.29) is 23.9 Å². The van der Waals surface area contributed by atoms with Crippen LogP contribution in [-0.2, 0) is 9.59 Å². The van der Waals surface area contributed by atoms with Crippen LogP contribution in [0.5, 0.6) is 0 Å². The summed E-state index contributed by atoms with van der Waals surface area (Å²) < 4.78 is 0. The summed E-state index contributed by atoms with van der Waals surface area (Å²) in [5, 5.41) is 2.26. The molecule has 0 aliphatic carbocycles. The smallest absolute Gasteiger partial charge is 0.230 e. The van der Waals surface area contributed by atoms with E-state index in [4.69, 9.17) is 0 Å². The molecule has 124 valence electrons. The van der Waals surface area contributed by atoms with E-state index in [2.05, 4.69) is 5.32 Å². The van der Waals surface area contributed by atoms with Crippen molar-refractivity contribution in [1.82, 2.24) is 5.32 Å². The molecule has 0 bridgehead atoms. The Morgan fingerprint density at radius 1 is 1.13 bits per heavy atom. The summed E-state index contributed by atoms with van der Waals surface area (Å²) in [4.78, 5) is 47.2. The van der Waals surface area contributed by atoms with Gasteiger partial charge in [0.1, 0.15) is 0 Å². The van der Waals surface area contributed by atoms with Crippen molar-refractivity contribution in [2.45, 2.75) is 40.5 Å². The first-order valence-corrected chi connectivity index (χ1v) is 7.89. The SMILES string of the molecule is CC.CC(=O)c1ccccc1C(=O)C(C)C1CCC(=O)NC1=O. The number of benzene rings is 1. The van der Waals surface area contributed by atoms with Crippen molar-refractivity contribution < 1.29 is 19.2 Å². The molecule has 2 amide bonds. The molecule has 1 aliphatic heterocycles. The van der Waals surface area contributed by atoms with E-state index in [0.717, 1.165) is 0 Å². The number of nitrogens with one attached hydrogen (secondary N) is 1. The summed E-state index contributed by atoms with van der Waals surface area (Å²) in [6.45, 7) is 7.07. The maximum Gasteiger partial charge on any atom is 0.230 e. The fraction of sp³-hybridized carbons (Fsp3) is 0.444. The van der Waals surface area contributed by atoms with Gasteiger partial charge in [-0.25, -0.2) is 0 Å². The molecule has 2 atom stereocenters. The van der Waals surface area contributed by atoms with E-state index in [1.54, 1.807) is 31.2 Å². The zero-order valence-electron chi connectivity index (χ0n) is 14.0. The normalized spacial score (nSPS) is 18.3. The topological polar surface area (TPSA) is 80.3 Å². The minimum absolute atomic E-state index is 0.186. The van der Waals surface area contributed by atoms with E-state index in [1.807, 2.05) is 13.8 Å². The number of carbonyl (C=O) groups is 4. The summed E-state index contributed by atoms with van der Waals surface area (Å²) >= 11 is 0. The van der Waals surface area contributed by atoms with Crippen molar-refractivity contribution in [2.24, 2.45) is 11.8 Å².